The van der Waals surface area contributed by atoms with Crippen LogP contribution in [0.1, 0.15) is 42.0 Å². The molecule has 5 aromatic rings. The van der Waals surface area contributed by atoms with Crippen molar-refractivity contribution in [3.63, 3.8) is 0 Å². The van der Waals surface area contributed by atoms with Crippen LogP contribution in [0.3, 0.4) is 0 Å². The summed E-state index contributed by atoms with van der Waals surface area (Å²) in [6.45, 7) is 6.30. The maximum atomic E-state index is 13.8. The van der Waals surface area contributed by atoms with Crippen LogP contribution in [0.2, 0.25) is 0 Å². The predicted molar refractivity (Wildman–Crippen MR) is 171 cm³/mol. The van der Waals surface area contributed by atoms with Crippen LogP contribution >= 0.6 is 15.9 Å². The number of benzene rings is 4. The maximum absolute atomic E-state index is 13.8. The van der Waals surface area contributed by atoms with Crippen LogP contribution < -0.4 is 19.8 Å². The van der Waals surface area contributed by atoms with E-state index < -0.39 is 0 Å². The van der Waals surface area contributed by atoms with Gasteiger partial charge in [0.1, 0.15) is 18.2 Å². The first kappa shape index (κ1) is 30.0. The Hall–Kier alpha value is -4.50. The third kappa shape index (κ3) is 6.32. The first-order chi connectivity index (χ1) is 20.7. The molecule has 220 valence electrons. The van der Waals surface area contributed by atoms with E-state index in [1.165, 1.54) is 23.9 Å². The van der Waals surface area contributed by atoms with Gasteiger partial charge in [-0.2, -0.15) is 9.78 Å². The normalized spacial score (nSPS) is 11.4. The molecule has 0 N–H and O–H groups in total. The minimum absolute atomic E-state index is 0.162. The van der Waals surface area contributed by atoms with Crippen LogP contribution in [-0.4, -0.2) is 30.1 Å². The molecule has 5 rings (SSSR count). The van der Waals surface area contributed by atoms with Crippen molar-refractivity contribution in [3.8, 4) is 28.6 Å². The number of hydrogen-bond acceptors (Lipinski definition) is 6. The van der Waals surface area contributed by atoms with Crippen LogP contribution in [-0.2, 0) is 6.61 Å². The molecule has 0 aliphatic carbocycles. The van der Waals surface area contributed by atoms with Crippen molar-refractivity contribution in [2.75, 3.05) is 14.2 Å². The molecule has 0 atom stereocenters. The summed E-state index contributed by atoms with van der Waals surface area (Å²) >= 11 is 3.59. The zero-order valence-corrected chi connectivity index (χ0v) is 26.1. The predicted octanol–water partition coefficient (Wildman–Crippen LogP) is 7.88. The van der Waals surface area contributed by atoms with E-state index in [-0.39, 0.29) is 23.9 Å². The van der Waals surface area contributed by atoms with Gasteiger partial charge in [-0.25, -0.2) is 9.37 Å². The lowest BCUT2D eigenvalue weighted by molar-refractivity contribution is 0.284. The molecule has 7 nitrogen and oxygen atoms in total. The van der Waals surface area contributed by atoms with Crippen LogP contribution in [0.4, 0.5) is 4.39 Å². The molecule has 0 aliphatic heterocycles. The smallest absolute Gasteiger partial charge is 0.282 e. The van der Waals surface area contributed by atoms with Crippen molar-refractivity contribution in [1.82, 2.24) is 9.66 Å². The summed E-state index contributed by atoms with van der Waals surface area (Å²) in [5, 5.41) is 5.10. The first-order valence-corrected chi connectivity index (χ1v) is 14.5. The van der Waals surface area contributed by atoms with E-state index in [0.29, 0.717) is 43.8 Å². The molecule has 0 saturated heterocycles. The summed E-state index contributed by atoms with van der Waals surface area (Å²) in [7, 11) is 3.19. The Labute approximate surface area is 257 Å². The number of fused-ring (bicyclic) bond motifs is 1. The van der Waals surface area contributed by atoms with E-state index in [4.69, 9.17) is 19.2 Å². The van der Waals surface area contributed by atoms with E-state index in [9.17, 15) is 9.18 Å². The second kappa shape index (κ2) is 12.8. The average molecular weight is 645 g/mol. The fourth-order valence-corrected chi connectivity index (χ4v) is 5.23. The lowest BCUT2D eigenvalue weighted by Gasteiger charge is -2.17. The maximum Gasteiger partial charge on any atom is 0.282 e. The van der Waals surface area contributed by atoms with Crippen molar-refractivity contribution in [2.24, 2.45) is 5.10 Å². The van der Waals surface area contributed by atoms with E-state index in [0.717, 1.165) is 22.4 Å². The Morgan fingerprint density at radius 1 is 0.977 bits per heavy atom. The van der Waals surface area contributed by atoms with E-state index in [2.05, 4.69) is 34.9 Å². The summed E-state index contributed by atoms with van der Waals surface area (Å²) in [5.74, 6) is 1.98. The SMILES string of the molecule is COc1cc(C=Nn2c(-c3cc(C(C)C)c(OC)cc3C)nc3ccccc3c2=O)c(Br)cc1OCc1cccc(F)c1. The second-order valence-corrected chi connectivity index (χ2v) is 11.2. The minimum atomic E-state index is -0.330. The Bertz CT molecular complexity index is 1900. The molecule has 0 spiro atoms. The van der Waals surface area contributed by atoms with Gasteiger partial charge in [-0.15, -0.1) is 0 Å². The third-order valence-electron chi connectivity index (χ3n) is 7.07. The monoisotopic (exact) mass is 643 g/mol. The average Bonchev–Trinajstić information content (AvgIpc) is 2.99. The Morgan fingerprint density at radius 2 is 1.74 bits per heavy atom. The number of methoxy groups -OCH3 is 2. The Balaban J connectivity index is 1.59. The van der Waals surface area contributed by atoms with Gasteiger partial charge in [0.05, 0.1) is 31.3 Å². The molecule has 0 radical (unpaired) electrons. The largest absolute Gasteiger partial charge is 0.496 e. The summed E-state index contributed by atoms with van der Waals surface area (Å²) in [4.78, 5) is 18.7. The number of halogens is 2. The van der Waals surface area contributed by atoms with Crippen LogP contribution in [0.15, 0.2) is 87.2 Å². The van der Waals surface area contributed by atoms with Crippen molar-refractivity contribution in [3.05, 3.63) is 116 Å². The van der Waals surface area contributed by atoms with Gasteiger partial charge >= 0.3 is 0 Å². The Kier molecular flexibility index (Phi) is 8.92. The van der Waals surface area contributed by atoms with Crippen molar-refractivity contribution >= 4 is 33.0 Å². The molecule has 1 aromatic heterocycles. The quantitative estimate of drug-likeness (QED) is 0.153. The van der Waals surface area contributed by atoms with E-state index in [1.54, 1.807) is 49.7 Å². The van der Waals surface area contributed by atoms with E-state index >= 15 is 0 Å². The summed E-state index contributed by atoms with van der Waals surface area (Å²) in [5.41, 5.74) is 4.30. The third-order valence-corrected chi connectivity index (χ3v) is 7.76. The summed E-state index contributed by atoms with van der Waals surface area (Å²) in [6.07, 6.45) is 1.58. The molecular weight excluding hydrogens is 613 g/mol. The number of para-hydroxylation sites is 1. The van der Waals surface area contributed by atoms with Crippen molar-refractivity contribution in [1.29, 1.82) is 0 Å². The lowest BCUT2D eigenvalue weighted by atomic mass is 9.96. The van der Waals surface area contributed by atoms with Gasteiger partial charge in [-0.05, 0) is 94.0 Å². The number of nitrogens with zero attached hydrogens (tertiary/aromatic N) is 3. The van der Waals surface area contributed by atoms with Gasteiger partial charge in [-0.1, -0.05) is 38.1 Å². The number of ether oxygens (including phenoxy) is 3. The van der Waals surface area contributed by atoms with Gasteiger partial charge in [-0.3, -0.25) is 4.79 Å². The number of hydrogen-bond donors (Lipinski definition) is 0. The minimum Gasteiger partial charge on any atom is -0.496 e. The zero-order chi connectivity index (χ0) is 30.7. The highest BCUT2D eigenvalue weighted by molar-refractivity contribution is 9.10. The van der Waals surface area contributed by atoms with Crippen molar-refractivity contribution in [2.45, 2.75) is 33.3 Å². The number of aryl methyl sites for hydroxylation is 1. The number of aromatic nitrogens is 2. The molecule has 0 bridgehead atoms. The topological polar surface area (TPSA) is 74.9 Å². The molecule has 0 amide bonds. The zero-order valence-electron chi connectivity index (χ0n) is 24.5. The fraction of sp³-hybridized carbons (Fsp3) is 0.206. The number of rotatable bonds is 9. The highest BCUT2D eigenvalue weighted by Crippen LogP contribution is 2.35. The summed E-state index contributed by atoms with van der Waals surface area (Å²) in [6, 6.07) is 20.9. The first-order valence-electron chi connectivity index (χ1n) is 13.7. The van der Waals surface area contributed by atoms with Crippen molar-refractivity contribution < 1.29 is 18.6 Å². The molecule has 0 saturated carbocycles. The lowest BCUT2D eigenvalue weighted by Crippen LogP contribution is -2.21. The fourth-order valence-electron chi connectivity index (χ4n) is 4.80. The molecule has 4 aromatic carbocycles. The molecule has 0 unspecified atom stereocenters. The second-order valence-electron chi connectivity index (χ2n) is 10.3. The molecule has 0 fully saturated rings. The molecule has 43 heavy (non-hydrogen) atoms. The standard InChI is InChI=1S/C34H31BrFN3O4/c1-20(2)26-16-27(21(3)13-30(26)41-4)33-38-29-12-7-6-11-25(29)34(40)39(33)37-18-23-15-31(42-5)32(17-28(23)35)43-19-22-9-8-10-24(36)14-22/h6-18,20H,19H2,1-5H3. The molecule has 1 heterocycles. The van der Waals surface area contributed by atoms with Gasteiger partial charge < -0.3 is 14.2 Å². The van der Waals surface area contributed by atoms with Gasteiger partial charge in [0.2, 0.25) is 0 Å². The van der Waals surface area contributed by atoms with Crippen LogP contribution in [0.25, 0.3) is 22.3 Å². The molecule has 0 aliphatic rings. The van der Waals surface area contributed by atoms with Crippen LogP contribution in [0, 0.1) is 12.7 Å². The van der Waals surface area contributed by atoms with Gasteiger partial charge in [0.15, 0.2) is 17.3 Å². The molecular formula is C34H31BrFN3O4. The molecule has 9 heteroatoms. The highest BCUT2D eigenvalue weighted by atomic mass is 79.9. The van der Waals surface area contributed by atoms with Gasteiger partial charge in [0, 0.05) is 15.6 Å². The van der Waals surface area contributed by atoms with Gasteiger partial charge in [0.25, 0.3) is 5.56 Å². The van der Waals surface area contributed by atoms with E-state index in [1.807, 2.05) is 31.2 Å². The highest BCUT2D eigenvalue weighted by Gasteiger charge is 2.19. The Morgan fingerprint density at radius 3 is 2.47 bits per heavy atom. The van der Waals surface area contributed by atoms with Crippen LogP contribution in [0.5, 0.6) is 17.2 Å². The summed E-state index contributed by atoms with van der Waals surface area (Å²) < 4.78 is 32.7.